The number of carboxylic acid groups (broad SMARTS) is 1. The summed E-state index contributed by atoms with van der Waals surface area (Å²) in [5.74, 6) is -5.56. The van der Waals surface area contributed by atoms with Gasteiger partial charge in [-0.1, -0.05) is 6.07 Å². The standard InChI is InChI=1S/C26H24N2O11S2.Na/c1-13(29)38-18-7-6-15(9-19(18)39-14(2)30)23(34)37-11-16-12-41-25-26(36-3,24(35)28(25)21(16)22(32)33)27-20(31)10-17-5-4-8-40-17;/h4-9,25H,10-12H2,1-3H3,(H,27,31)(H,32,33);/q;+1/p-1/t25-,26-;/m1./s1. The number of esters is 3. The molecule has 1 saturated heterocycles. The number of thioether (sulfide) groups is 1. The molecule has 13 nitrogen and oxygen atoms in total. The maximum atomic E-state index is 13.2. The molecule has 0 saturated carbocycles. The van der Waals surface area contributed by atoms with Gasteiger partial charge in [0.25, 0.3) is 11.6 Å². The molecule has 0 aliphatic carbocycles. The molecule has 2 amide bonds. The van der Waals surface area contributed by atoms with Crippen LogP contribution >= 0.6 is 23.1 Å². The second-order valence-electron chi connectivity index (χ2n) is 8.75. The maximum Gasteiger partial charge on any atom is 1.00 e. The van der Waals surface area contributed by atoms with E-state index in [-0.39, 0.29) is 64.4 Å². The Hall–Kier alpha value is -3.21. The molecule has 2 aromatic rings. The first-order valence-corrected chi connectivity index (χ1v) is 13.8. The minimum atomic E-state index is -1.78. The monoisotopic (exact) mass is 626 g/mol. The number of benzene rings is 1. The van der Waals surface area contributed by atoms with Crippen molar-refractivity contribution in [2.75, 3.05) is 19.5 Å². The Labute approximate surface area is 269 Å². The summed E-state index contributed by atoms with van der Waals surface area (Å²) in [5.41, 5.74) is -2.27. The van der Waals surface area contributed by atoms with Gasteiger partial charge in [0.1, 0.15) is 12.0 Å². The summed E-state index contributed by atoms with van der Waals surface area (Å²) in [7, 11) is 1.23. The van der Waals surface area contributed by atoms with Crippen molar-refractivity contribution in [2.24, 2.45) is 0 Å². The summed E-state index contributed by atoms with van der Waals surface area (Å²) in [6.07, 6.45) is 0.0128. The van der Waals surface area contributed by atoms with Gasteiger partial charge in [0.2, 0.25) is 5.91 Å². The number of hydrogen-bond acceptors (Lipinski definition) is 13. The van der Waals surface area contributed by atoms with Crippen molar-refractivity contribution in [2.45, 2.75) is 31.4 Å². The zero-order valence-electron chi connectivity index (χ0n) is 22.9. The van der Waals surface area contributed by atoms with E-state index in [2.05, 4.69) is 5.32 Å². The summed E-state index contributed by atoms with van der Waals surface area (Å²) in [4.78, 5) is 75.1. The third-order valence-electron chi connectivity index (χ3n) is 5.93. The van der Waals surface area contributed by atoms with E-state index in [1.165, 1.54) is 30.6 Å². The van der Waals surface area contributed by atoms with Gasteiger partial charge in [-0.05, 0) is 29.6 Å². The molecule has 3 heterocycles. The van der Waals surface area contributed by atoms with Crippen molar-refractivity contribution in [3.8, 4) is 11.5 Å². The van der Waals surface area contributed by atoms with E-state index in [1.807, 2.05) is 5.38 Å². The Kier molecular flexibility index (Phi) is 11.0. The van der Waals surface area contributed by atoms with Crippen LogP contribution in [0.4, 0.5) is 0 Å². The molecule has 1 N–H and O–H groups in total. The molecule has 16 heteroatoms. The van der Waals surface area contributed by atoms with E-state index >= 15 is 0 Å². The first kappa shape index (κ1) is 33.3. The van der Waals surface area contributed by atoms with Gasteiger partial charge in [0.15, 0.2) is 11.5 Å². The number of rotatable bonds is 10. The molecule has 1 aromatic heterocycles. The second-order valence-corrected chi connectivity index (χ2v) is 10.8. The minimum Gasteiger partial charge on any atom is -0.543 e. The molecule has 2 atom stereocenters. The van der Waals surface area contributed by atoms with Crippen LogP contribution in [0, 0.1) is 0 Å². The molecule has 2 aliphatic heterocycles. The van der Waals surface area contributed by atoms with Crippen molar-refractivity contribution in [3.05, 3.63) is 57.4 Å². The number of hydrogen-bond donors (Lipinski definition) is 1. The largest absolute Gasteiger partial charge is 1.00 e. The molecule has 2 aliphatic rings. The zero-order chi connectivity index (χ0) is 29.9. The summed E-state index contributed by atoms with van der Waals surface area (Å²) in [6, 6.07) is 7.18. The van der Waals surface area contributed by atoms with E-state index in [0.717, 1.165) is 41.5 Å². The quantitative estimate of drug-likeness (QED) is 0.0957. The van der Waals surface area contributed by atoms with Crippen LogP contribution in [-0.2, 0) is 39.9 Å². The van der Waals surface area contributed by atoms with Crippen molar-refractivity contribution in [1.82, 2.24) is 10.2 Å². The number of carbonyl (C=O) groups excluding carboxylic acids is 6. The first-order valence-electron chi connectivity index (χ1n) is 11.9. The van der Waals surface area contributed by atoms with Crippen LogP contribution in [0.5, 0.6) is 11.5 Å². The van der Waals surface area contributed by atoms with Crippen molar-refractivity contribution >= 4 is 58.8 Å². The van der Waals surface area contributed by atoms with E-state index in [9.17, 15) is 33.9 Å². The molecular weight excluding hydrogens is 603 g/mol. The first-order chi connectivity index (χ1) is 19.5. The number of thiophene rings is 1. The van der Waals surface area contributed by atoms with Crippen LogP contribution < -0.4 is 49.5 Å². The van der Waals surface area contributed by atoms with Gasteiger partial charge >= 0.3 is 47.5 Å². The Balaban J connectivity index is 0.00000484. The van der Waals surface area contributed by atoms with Crippen LogP contribution in [0.15, 0.2) is 47.0 Å². The van der Waals surface area contributed by atoms with Crippen LogP contribution in [0.3, 0.4) is 0 Å². The number of carboxylic acids is 1. The van der Waals surface area contributed by atoms with E-state index in [0.29, 0.717) is 0 Å². The fraction of sp³-hybridized carbons (Fsp3) is 0.308. The molecule has 216 valence electrons. The summed E-state index contributed by atoms with van der Waals surface area (Å²) >= 11 is 2.49. The Morgan fingerprint density at radius 1 is 1.10 bits per heavy atom. The molecule has 0 spiro atoms. The predicted molar refractivity (Wildman–Crippen MR) is 140 cm³/mol. The molecule has 0 unspecified atom stereocenters. The smallest absolute Gasteiger partial charge is 0.543 e. The number of methoxy groups -OCH3 is 1. The van der Waals surface area contributed by atoms with Crippen molar-refractivity contribution in [3.63, 3.8) is 0 Å². The van der Waals surface area contributed by atoms with Gasteiger partial charge in [-0.2, -0.15) is 0 Å². The van der Waals surface area contributed by atoms with E-state index in [4.69, 9.17) is 18.9 Å². The van der Waals surface area contributed by atoms with Crippen LogP contribution in [0.1, 0.15) is 29.1 Å². The SMILES string of the molecule is CO[C@]1(NC(=O)Cc2cccs2)C(=O)N2C(C(=O)[O-])=C(COC(=O)c3ccc(OC(C)=O)c(OC(C)=O)c3)CS[C@@H]21.[Na+]. The zero-order valence-corrected chi connectivity index (χ0v) is 26.6. The molecule has 4 rings (SSSR count). The average molecular weight is 627 g/mol. The molecule has 42 heavy (non-hydrogen) atoms. The average Bonchev–Trinajstić information content (AvgIpc) is 3.42. The van der Waals surface area contributed by atoms with Crippen LogP contribution in [0.2, 0.25) is 0 Å². The van der Waals surface area contributed by atoms with E-state index < -0.39 is 59.1 Å². The van der Waals surface area contributed by atoms with Crippen molar-refractivity contribution in [1.29, 1.82) is 0 Å². The molecule has 1 aromatic carbocycles. The van der Waals surface area contributed by atoms with Crippen molar-refractivity contribution < 1.29 is 82.4 Å². The maximum absolute atomic E-state index is 13.2. The Morgan fingerprint density at radius 3 is 2.38 bits per heavy atom. The van der Waals surface area contributed by atoms with Crippen LogP contribution in [-0.4, -0.2) is 71.2 Å². The summed E-state index contributed by atoms with van der Waals surface area (Å²) < 4.78 is 20.7. The predicted octanol–water partition coefficient (Wildman–Crippen LogP) is -2.62. The Bertz CT molecular complexity index is 1460. The normalized spacial score (nSPS) is 19.1. The second kappa shape index (κ2) is 13.8. The number of β-lactam (4-membered cyclic amide) rings is 1. The minimum absolute atomic E-state index is 0. The summed E-state index contributed by atoms with van der Waals surface area (Å²) in [6.45, 7) is 1.76. The molecule has 0 radical (unpaired) electrons. The fourth-order valence-corrected chi connectivity index (χ4v) is 6.33. The number of ether oxygens (including phenoxy) is 4. The molecule has 1 fully saturated rings. The van der Waals surface area contributed by atoms with Gasteiger partial charge in [-0.25, -0.2) is 4.79 Å². The van der Waals surface area contributed by atoms with Gasteiger partial charge < -0.3 is 34.2 Å². The van der Waals surface area contributed by atoms with Gasteiger partial charge in [-0.3, -0.25) is 24.1 Å². The topological polar surface area (TPSA) is 178 Å². The van der Waals surface area contributed by atoms with Crippen LogP contribution in [0.25, 0.3) is 0 Å². The third kappa shape index (κ3) is 6.88. The molecule has 0 bridgehead atoms. The number of nitrogens with one attached hydrogen (secondary N) is 1. The third-order valence-corrected chi connectivity index (χ3v) is 8.18. The number of amides is 2. The van der Waals surface area contributed by atoms with E-state index in [1.54, 1.807) is 12.1 Å². The number of fused-ring (bicyclic) bond motifs is 1. The van der Waals surface area contributed by atoms with Gasteiger partial charge in [0, 0.05) is 37.2 Å². The Morgan fingerprint density at radius 2 is 1.79 bits per heavy atom. The number of nitrogens with zero attached hydrogens (tertiary/aromatic N) is 1. The summed E-state index contributed by atoms with van der Waals surface area (Å²) in [5, 5.41) is 15.6. The number of aliphatic carboxylic acids is 1. The van der Waals surface area contributed by atoms with Gasteiger partial charge in [-0.15, -0.1) is 23.1 Å². The molecular formula is C26H23N2NaO11S2. The van der Waals surface area contributed by atoms with Gasteiger partial charge in [0.05, 0.1) is 23.7 Å². The number of carbonyl (C=O) groups is 6. The fourth-order valence-electron chi connectivity index (χ4n) is 4.21.